The first kappa shape index (κ1) is 10.8. The normalized spacial score (nSPS) is 14.9. The van der Waals surface area contributed by atoms with Crippen molar-refractivity contribution in [2.75, 3.05) is 0 Å². The number of hydrogen-bond acceptors (Lipinski definition) is 3. The van der Waals surface area contributed by atoms with Gasteiger partial charge in [-0.05, 0) is 19.4 Å². The summed E-state index contributed by atoms with van der Waals surface area (Å²) < 4.78 is 13.2. The monoisotopic (exact) mass is 196 g/mol. The van der Waals surface area contributed by atoms with Crippen molar-refractivity contribution in [2.24, 2.45) is 5.73 Å². The fourth-order valence-corrected chi connectivity index (χ4v) is 1.03. The second kappa shape index (κ2) is 3.84. The topological polar surface area (TPSA) is 56.0 Å². The number of halogens is 1. The molecule has 1 atom stereocenters. The van der Waals surface area contributed by atoms with Gasteiger partial charge in [0.2, 0.25) is 0 Å². The highest BCUT2D eigenvalue weighted by Crippen LogP contribution is 2.15. The third-order valence-electron chi connectivity index (χ3n) is 2.27. The van der Waals surface area contributed by atoms with Crippen molar-refractivity contribution in [1.29, 1.82) is 0 Å². The van der Waals surface area contributed by atoms with Crippen LogP contribution in [0.25, 0.3) is 0 Å². The molecule has 0 aliphatic rings. The highest BCUT2D eigenvalue weighted by atomic mass is 19.1. The third kappa shape index (κ3) is 1.96. The molecule has 0 saturated heterocycles. The lowest BCUT2D eigenvalue weighted by Gasteiger charge is -2.20. The van der Waals surface area contributed by atoms with E-state index in [2.05, 4.69) is 4.98 Å². The maximum Gasteiger partial charge on any atom is 0.185 e. The summed E-state index contributed by atoms with van der Waals surface area (Å²) >= 11 is 0. The van der Waals surface area contributed by atoms with Crippen LogP contribution in [-0.2, 0) is 0 Å². The van der Waals surface area contributed by atoms with E-state index in [4.69, 9.17) is 5.73 Å². The molecule has 4 heteroatoms. The van der Waals surface area contributed by atoms with Crippen molar-refractivity contribution in [1.82, 2.24) is 4.98 Å². The van der Waals surface area contributed by atoms with Crippen molar-refractivity contribution in [2.45, 2.75) is 25.8 Å². The van der Waals surface area contributed by atoms with Gasteiger partial charge in [0, 0.05) is 6.20 Å². The van der Waals surface area contributed by atoms with Gasteiger partial charge in [0.1, 0.15) is 0 Å². The molecule has 3 nitrogen and oxygen atoms in total. The van der Waals surface area contributed by atoms with Crippen LogP contribution in [0.3, 0.4) is 0 Å². The van der Waals surface area contributed by atoms with Gasteiger partial charge in [0.25, 0.3) is 0 Å². The van der Waals surface area contributed by atoms with Crippen LogP contribution in [0.5, 0.6) is 0 Å². The number of hydrogen-bond donors (Lipinski definition) is 1. The minimum atomic E-state index is -1.01. The molecule has 1 heterocycles. The van der Waals surface area contributed by atoms with Gasteiger partial charge < -0.3 is 5.73 Å². The molecule has 0 radical (unpaired) electrons. The molecule has 0 amide bonds. The van der Waals surface area contributed by atoms with E-state index in [-0.39, 0.29) is 11.3 Å². The van der Waals surface area contributed by atoms with Crippen LogP contribution in [0.4, 0.5) is 4.39 Å². The lowest BCUT2D eigenvalue weighted by molar-refractivity contribution is 0.0893. The van der Waals surface area contributed by atoms with Crippen LogP contribution in [-0.4, -0.2) is 16.3 Å². The van der Waals surface area contributed by atoms with Crippen molar-refractivity contribution in [3.05, 3.63) is 29.8 Å². The fraction of sp³-hybridized carbons (Fsp3) is 0.400. The first-order valence-electron chi connectivity index (χ1n) is 4.42. The molecular weight excluding hydrogens is 183 g/mol. The number of ketones is 1. The number of nitrogens with two attached hydrogens (primary N) is 1. The lowest BCUT2D eigenvalue weighted by Crippen LogP contribution is -2.44. The molecule has 2 N–H and O–H groups in total. The molecule has 1 aromatic heterocycles. The van der Waals surface area contributed by atoms with Crippen LogP contribution in [0.15, 0.2) is 18.5 Å². The van der Waals surface area contributed by atoms with Crippen molar-refractivity contribution in [3.63, 3.8) is 0 Å². The van der Waals surface area contributed by atoms with E-state index in [0.29, 0.717) is 6.42 Å². The summed E-state index contributed by atoms with van der Waals surface area (Å²) in [7, 11) is 0. The molecular formula is C10H13FN2O. The zero-order valence-corrected chi connectivity index (χ0v) is 8.25. The van der Waals surface area contributed by atoms with E-state index in [1.165, 1.54) is 12.3 Å². The van der Waals surface area contributed by atoms with Crippen molar-refractivity contribution in [3.8, 4) is 0 Å². The highest BCUT2D eigenvalue weighted by molar-refractivity contribution is 6.02. The van der Waals surface area contributed by atoms with E-state index < -0.39 is 11.4 Å². The summed E-state index contributed by atoms with van der Waals surface area (Å²) in [4.78, 5) is 15.3. The molecule has 0 bridgehead atoms. The summed E-state index contributed by atoms with van der Waals surface area (Å²) in [6, 6.07) is 1.35. The van der Waals surface area contributed by atoms with Gasteiger partial charge in [0.05, 0.1) is 17.3 Å². The van der Waals surface area contributed by atoms with Crippen LogP contribution in [0, 0.1) is 5.82 Å². The Morgan fingerprint density at radius 1 is 1.71 bits per heavy atom. The Bertz CT molecular complexity index is 350. The third-order valence-corrected chi connectivity index (χ3v) is 2.27. The second-order valence-electron chi connectivity index (χ2n) is 3.46. The SMILES string of the molecule is CCC(C)(N)C(=O)c1ccncc1F. The molecule has 14 heavy (non-hydrogen) atoms. The van der Waals surface area contributed by atoms with Gasteiger partial charge >= 0.3 is 0 Å². The van der Waals surface area contributed by atoms with E-state index in [9.17, 15) is 9.18 Å². The molecule has 1 aromatic rings. The summed E-state index contributed by atoms with van der Waals surface area (Å²) in [5, 5.41) is 0. The molecule has 1 rings (SSSR count). The maximum absolute atomic E-state index is 13.2. The quantitative estimate of drug-likeness (QED) is 0.746. The van der Waals surface area contributed by atoms with E-state index in [0.717, 1.165) is 6.20 Å². The van der Waals surface area contributed by atoms with Gasteiger partial charge in [-0.1, -0.05) is 6.92 Å². The number of carbonyl (C=O) groups excluding carboxylic acids is 1. The molecule has 76 valence electrons. The number of carbonyl (C=O) groups is 1. The predicted molar refractivity (Wildman–Crippen MR) is 51.4 cm³/mol. The van der Waals surface area contributed by atoms with E-state index >= 15 is 0 Å². The van der Waals surface area contributed by atoms with E-state index in [1.54, 1.807) is 13.8 Å². The maximum atomic E-state index is 13.2. The van der Waals surface area contributed by atoms with Gasteiger partial charge in [-0.25, -0.2) is 4.39 Å². The summed E-state index contributed by atoms with van der Waals surface area (Å²) in [5.74, 6) is -1.01. The molecule has 0 saturated carbocycles. The standard InChI is InChI=1S/C10H13FN2O/c1-3-10(2,12)9(14)7-4-5-13-6-8(7)11/h4-6H,3,12H2,1-2H3. The minimum absolute atomic E-state index is 0.00634. The van der Waals surface area contributed by atoms with Gasteiger partial charge in [-0.3, -0.25) is 9.78 Å². The number of pyridine rings is 1. The number of Topliss-reactive ketones (excluding diaryl/α,β-unsaturated/α-hetero) is 1. The molecule has 0 aliphatic carbocycles. The van der Waals surface area contributed by atoms with Gasteiger partial charge in [0.15, 0.2) is 11.6 Å². The highest BCUT2D eigenvalue weighted by Gasteiger charge is 2.28. The Morgan fingerprint density at radius 3 is 2.86 bits per heavy atom. The van der Waals surface area contributed by atoms with Crippen LogP contribution < -0.4 is 5.73 Å². The van der Waals surface area contributed by atoms with Crippen LogP contribution in [0.2, 0.25) is 0 Å². The van der Waals surface area contributed by atoms with E-state index in [1.807, 2.05) is 0 Å². The Balaban J connectivity index is 3.07. The van der Waals surface area contributed by atoms with Crippen molar-refractivity contribution >= 4 is 5.78 Å². The average molecular weight is 196 g/mol. The first-order valence-corrected chi connectivity index (χ1v) is 4.42. The summed E-state index contributed by atoms with van der Waals surface area (Å²) in [6.07, 6.45) is 2.86. The van der Waals surface area contributed by atoms with Gasteiger partial charge in [-0.2, -0.15) is 0 Å². The lowest BCUT2D eigenvalue weighted by atomic mass is 9.90. The van der Waals surface area contributed by atoms with Crippen LogP contribution >= 0.6 is 0 Å². The molecule has 0 spiro atoms. The Morgan fingerprint density at radius 2 is 2.36 bits per heavy atom. The molecule has 0 aromatic carbocycles. The smallest absolute Gasteiger partial charge is 0.185 e. The van der Waals surface area contributed by atoms with Crippen LogP contribution in [0.1, 0.15) is 30.6 Å². The summed E-state index contributed by atoms with van der Waals surface area (Å²) in [5.41, 5.74) is 4.72. The van der Waals surface area contributed by atoms with Gasteiger partial charge in [-0.15, -0.1) is 0 Å². The number of rotatable bonds is 3. The Hall–Kier alpha value is -1.29. The average Bonchev–Trinajstić information content (AvgIpc) is 2.17. The minimum Gasteiger partial charge on any atom is -0.319 e. The largest absolute Gasteiger partial charge is 0.319 e. The Kier molecular flexibility index (Phi) is 2.96. The fourth-order valence-electron chi connectivity index (χ4n) is 1.03. The zero-order valence-electron chi connectivity index (χ0n) is 8.25. The first-order chi connectivity index (χ1) is 6.49. The molecule has 0 fully saturated rings. The molecule has 0 aliphatic heterocycles. The number of nitrogens with zero attached hydrogens (tertiary/aromatic N) is 1. The second-order valence-corrected chi connectivity index (χ2v) is 3.46. The Labute approximate surface area is 82.1 Å². The zero-order chi connectivity index (χ0) is 10.8. The predicted octanol–water partition coefficient (Wildman–Crippen LogP) is 1.53. The summed E-state index contributed by atoms with van der Waals surface area (Å²) in [6.45, 7) is 3.38. The number of aromatic nitrogens is 1. The van der Waals surface area contributed by atoms with Crippen molar-refractivity contribution < 1.29 is 9.18 Å². The molecule has 1 unspecified atom stereocenters.